The highest BCUT2D eigenvalue weighted by Gasteiger charge is 2.47. The second-order valence-corrected chi connectivity index (χ2v) is 8.60. The van der Waals surface area contributed by atoms with E-state index >= 15 is 0 Å². The van der Waals surface area contributed by atoms with Gasteiger partial charge < -0.3 is 9.64 Å². The fourth-order valence-electron chi connectivity index (χ4n) is 3.68. The van der Waals surface area contributed by atoms with Gasteiger partial charge in [0.05, 0.1) is 18.1 Å². The zero-order chi connectivity index (χ0) is 15.8. The monoisotopic (exact) mass is 324 g/mol. The standard InChI is InChI=1S/C16H24N2O3S/c1-14-10-17(2)11-16(14)12-18(8-9-21-13-16)22(19,20)15-6-4-3-5-7-15/h3-7,14H,8-13H2,1-2H3/t14-,16+/m0/s1. The Kier molecular flexibility index (Phi) is 4.29. The van der Waals surface area contributed by atoms with Crippen LogP contribution in [0, 0.1) is 11.3 Å². The van der Waals surface area contributed by atoms with E-state index in [9.17, 15) is 8.42 Å². The minimum Gasteiger partial charge on any atom is -0.379 e. The summed E-state index contributed by atoms with van der Waals surface area (Å²) in [6, 6.07) is 8.70. The van der Waals surface area contributed by atoms with Crippen LogP contribution in [0.15, 0.2) is 35.2 Å². The molecule has 0 aliphatic carbocycles. The molecule has 2 heterocycles. The van der Waals surface area contributed by atoms with E-state index in [1.807, 2.05) is 6.07 Å². The maximum Gasteiger partial charge on any atom is 0.243 e. The molecule has 5 nitrogen and oxygen atoms in total. The van der Waals surface area contributed by atoms with Crippen LogP contribution in [0.5, 0.6) is 0 Å². The fourth-order valence-corrected chi connectivity index (χ4v) is 5.22. The van der Waals surface area contributed by atoms with Crippen molar-refractivity contribution in [2.24, 2.45) is 11.3 Å². The van der Waals surface area contributed by atoms with Crippen molar-refractivity contribution in [3.05, 3.63) is 30.3 Å². The van der Waals surface area contributed by atoms with E-state index in [-0.39, 0.29) is 5.41 Å². The highest BCUT2D eigenvalue weighted by atomic mass is 32.2. The Hall–Kier alpha value is -0.950. The predicted molar refractivity (Wildman–Crippen MR) is 85.1 cm³/mol. The van der Waals surface area contributed by atoms with Crippen LogP contribution < -0.4 is 0 Å². The Labute approximate surface area is 132 Å². The summed E-state index contributed by atoms with van der Waals surface area (Å²) in [4.78, 5) is 2.64. The molecule has 2 atom stereocenters. The first kappa shape index (κ1) is 15.9. The van der Waals surface area contributed by atoms with Gasteiger partial charge in [-0.05, 0) is 25.1 Å². The number of ether oxygens (including phenoxy) is 1. The Morgan fingerprint density at radius 2 is 1.95 bits per heavy atom. The number of benzene rings is 1. The highest BCUT2D eigenvalue weighted by molar-refractivity contribution is 7.89. The van der Waals surface area contributed by atoms with Crippen molar-refractivity contribution in [2.75, 3.05) is 46.4 Å². The first-order chi connectivity index (χ1) is 10.4. The maximum atomic E-state index is 12.9. The quantitative estimate of drug-likeness (QED) is 0.822. The minimum absolute atomic E-state index is 0.104. The summed E-state index contributed by atoms with van der Waals surface area (Å²) in [5, 5.41) is 0. The van der Waals surface area contributed by atoms with E-state index in [4.69, 9.17) is 4.74 Å². The number of likely N-dealkylation sites (tertiary alicyclic amines) is 1. The molecule has 3 rings (SSSR count). The molecule has 6 heteroatoms. The molecule has 122 valence electrons. The lowest BCUT2D eigenvalue weighted by Crippen LogP contribution is -2.45. The summed E-state index contributed by atoms with van der Waals surface area (Å²) >= 11 is 0. The van der Waals surface area contributed by atoms with Crippen LogP contribution in [0.25, 0.3) is 0 Å². The van der Waals surface area contributed by atoms with Gasteiger partial charge in [0.15, 0.2) is 0 Å². The number of nitrogens with zero attached hydrogens (tertiary/aromatic N) is 2. The third-order valence-electron chi connectivity index (χ3n) is 4.96. The van der Waals surface area contributed by atoms with Gasteiger partial charge >= 0.3 is 0 Å². The van der Waals surface area contributed by atoms with E-state index in [2.05, 4.69) is 18.9 Å². The summed E-state index contributed by atoms with van der Waals surface area (Å²) in [6.07, 6.45) is 0. The van der Waals surface area contributed by atoms with Gasteiger partial charge in [0, 0.05) is 31.6 Å². The normalized spacial score (nSPS) is 31.5. The topological polar surface area (TPSA) is 49.9 Å². The van der Waals surface area contributed by atoms with Crippen molar-refractivity contribution in [1.29, 1.82) is 0 Å². The molecule has 1 aromatic rings. The Morgan fingerprint density at radius 1 is 1.23 bits per heavy atom. The molecule has 0 unspecified atom stereocenters. The molecule has 0 amide bonds. The molecule has 2 aliphatic rings. The van der Waals surface area contributed by atoms with Gasteiger partial charge in [-0.3, -0.25) is 0 Å². The molecule has 2 saturated heterocycles. The average molecular weight is 324 g/mol. The molecular formula is C16H24N2O3S. The molecule has 2 fully saturated rings. The lowest BCUT2D eigenvalue weighted by Gasteiger charge is -2.34. The SMILES string of the molecule is C[C@H]1CN(C)C[C@@]12COCCN(S(=O)(=O)c1ccccc1)C2. The highest BCUT2D eigenvalue weighted by Crippen LogP contribution is 2.38. The fraction of sp³-hybridized carbons (Fsp3) is 0.625. The van der Waals surface area contributed by atoms with Crippen molar-refractivity contribution in [3.63, 3.8) is 0 Å². The lowest BCUT2D eigenvalue weighted by molar-refractivity contribution is 0.0542. The number of hydrogen-bond donors (Lipinski definition) is 0. The number of sulfonamides is 1. The van der Waals surface area contributed by atoms with Gasteiger partial charge in [-0.25, -0.2) is 8.42 Å². The van der Waals surface area contributed by atoms with Gasteiger partial charge in [-0.15, -0.1) is 0 Å². The molecule has 22 heavy (non-hydrogen) atoms. The summed E-state index contributed by atoms with van der Waals surface area (Å²) in [7, 11) is -1.37. The van der Waals surface area contributed by atoms with Gasteiger partial charge in [-0.1, -0.05) is 25.1 Å². The zero-order valence-corrected chi connectivity index (χ0v) is 14.1. The second kappa shape index (κ2) is 5.92. The largest absolute Gasteiger partial charge is 0.379 e. The smallest absolute Gasteiger partial charge is 0.243 e. The third-order valence-corrected chi connectivity index (χ3v) is 6.82. The van der Waals surface area contributed by atoms with Gasteiger partial charge in [0.1, 0.15) is 0 Å². The van der Waals surface area contributed by atoms with Crippen molar-refractivity contribution in [1.82, 2.24) is 9.21 Å². The van der Waals surface area contributed by atoms with Gasteiger partial charge in [0.25, 0.3) is 0 Å². The van der Waals surface area contributed by atoms with Gasteiger partial charge in [0.2, 0.25) is 10.0 Å². The first-order valence-electron chi connectivity index (χ1n) is 7.76. The third kappa shape index (κ3) is 2.80. The zero-order valence-electron chi connectivity index (χ0n) is 13.2. The summed E-state index contributed by atoms with van der Waals surface area (Å²) < 4.78 is 33.2. The molecule has 2 aliphatic heterocycles. The van der Waals surface area contributed by atoms with E-state index in [0.29, 0.717) is 37.1 Å². The molecule has 1 spiro atoms. The number of rotatable bonds is 2. The van der Waals surface area contributed by atoms with Crippen LogP contribution in [-0.4, -0.2) is 64.1 Å². The minimum atomic E-state index is -3.45. The average Bonchev–Trinajstić information content (AvgIpc) is 2.66. The first-order valence-corrected chi connectivity index (χ1v) is 9.20. The number of hydrogen-bond acceptors (Lipinski definition) is 4. The second-order valence-electron chi connectivity index (χ2n) is 6.66. The predicted octanol–water partition coefficient (Wildman–Crippen LogP) is 1.28. The molecular weight excluding hydrogens is 300 g/mol. The molecule has 0 saturated carbocycles. The van der Waals surface area contributed by atoms with E-state index in [1.165, 1.54) is 0 Å². The molecule has 1 aromatic carbocycles. The van der Waals surface area contributed by atoms with Crippen LogP contribution in [0.2, 0.25) is 0 Å². The van der Waals surface area contributed by atoms with Crippen LogP contribution >= 0.6 is 0 Å². The van der Waals surface area contributed by atoms with Crippen molar-refractivity contribution in [2.45, 2.75) is 11.8 Å². The Bertz CT molecular complexity index is 620. The molecule has 0 radical (unpaired) electrons. The Morgan fingerprint density at radius 3 is 2.59 bits per heavy atom. The van der Waals surface area contributed by atoms with Gasteiger partial charge in [-0.2, -0.15) is 4.31 Å². The van der Waals surface area contributed by atoms with Crippen molar-refractivity contribution >= 4 is 10.0 Å². The summed E-state index contributed by atoms with van der Waals surface area (Å²) in [6.45, 7) is 6.14. The van der Waals surface area contributed by atoms with E-state index in [1.54, 1.807) is 28.6 Å². The van der Waals surface area contributed by atoms with E-state index in [0.717, 1.165) is 13.1 Å². The van der Waals surface area contributed by atoms with Crippen molar-refractivity contribution in [3.8, 4) is 0 Å². The van der Waals surface area contributed by atoms with Crippen LogP contribution in [0.3, 0.4) is 0 Å². The van der Waals surface area contributed by atoms with E-state index < -0.39 is 10.0 Å². The summed E-state index contributed by atoms with van der Waals surface area (Å²) in [5.41, 5.74) is -0.104. The maximum absolute atomic E-state index is 12.9. The summed E-state index contributed by atoms with van der Waals surface area (Å²) in [5.74, 6) is 0.420. The van der Waals surface area contributed by atoms with Crippen LogP contribution in [0.4, 0.5) is 0 Å². The molecule has 0 N–H and O–H groups in total. The molecule has 0 bridgehead atoms. The molecule has 0 aromatic heterocycles. The Balaban J connectivity index is 1.91. The van der Waals surface area contributed by atoms with Crippen LogP contribution in [-0.2, 0) is 14.8 Å². The lowest BCUT2D eigenvalue weighted by atomic mass is 9.80. The van der Waals surface area contributed by atoms with Crippen LogP contribution in [0.1, 0.15) is 6.92 Å². The van der Waals surface area contributed by atoms with Crippen molar-refractivity contribution < 1.29 is 13.2 Å².